The fourth-order valence-electron chi connectivity index (χ4n) is 2.11. The molecule has 0 spiro atoms. The van der Waals surface area contributed by atoms with Gasteiger partial charge >= 0.3 is 5.97 Å². The summed E-state index contributed by atoms with van der Waals surface area (Å²) in [5.74, 6) is -1.27. The molecule has 0 saturated heterocycles. The highest BCUT2D eigenvalue weighted by atomic mass is 79.9. The molecule has 0 heterocycles. The van der Waals surface area contributed by atoms with Crippen LogP contribution in [0.2, 0.25) is 0 Å². The van der Waals surface area contributed by atoms with Crippen molar-refractivity contribution in [2.24, 2.45) is 0 Å². The molecule has 0 fully saturated rings. The largest absolute Gasteiger partial charge is 0.480 e. The minimum atomic E-state index is -1.20. The molecule has 1 atom stereocenters. The van der Waals surface area contributed by atoms with Gasteiger partial charge in [0.05, 0.1) is 6.42 Å². The summed E-state index contributed by atoms with van der Waals surface area (Å²) >= 11 is 3.37. The van der Waals surface area contributed by atoms with E-state index >= 15 is 0 Å². The van der Waals surface area contributed by atoms with Crippen LogP contribution in [0.15, 0.2) is 22.7 Å². The highest BCUT2D eigenvalue weighted by molar-refractivity contribution is 9.10. The highest BCUT2D eigenvalue weighted by Gasteiger charge is 2.33. The summed E-state index contributed by atoms with van der Waals surface area (Å²) in [6, 6.07) is 5.68. The number of carbonyl (C=O) groups excluding carboxylic acids is 1. The van der Waals surface area contributed by atoms with Gasteiger partial charge in [-0.1, -0.05) is 35.3 Å². The van der Waals surface area contributed by atoms with Crippen LogP contribution in [0.5, 0.6) is 0 Å². The van der Waals surface area contributed by atoms with Crippen LogP contribution < -0.4 is 5.32 Å². The Bertz CT molecular complexity index is 516. The van der Waals surface area contributed by atoms with Gasteiger partial charge in [-0.15, -0.1) is 0 Å². The number of hydrogen-bond donors (Lipinski definition) is 2. The van der Waals surface area contributed by atoms with E-state index in [-0.39, 0.29) is 12.3 Å². The summed E-state index contributed by atoms with van der Waals surface area (Å²) in [5.41, 5.74) is 0.701. The van der Waals surface area contributed by atoms with Gasteiger partial charge in [0, 0.05) is 4.47 Å². The second kappa shape index (κ2) is 6.88. The number of halogens is 1. The van der Waals surface area contributed by atoms with Crippen molar-refractivity contribution >= 4 is 27.8 Å². The molecule has 1 aromatic rings. The van der Waals surface area contributed by atoms with Crippen molar-refractivity contribution < 1.29 is 14.7 Å². The van der Waals surface area contributed by atoms with Gasteiger partial charge < -0.3 is 10.4 Å². The lowest BCUT2D eigenvalue weighted by Crippen LogP contribution is -2.52. The number of aliphatic carboxylic acids is 1. The number of benzene rings is 1. The molecule has 110 valence electrons. The van der Waals surface area contributed by atoms with Crippen LogP contribution in [0.25, 0.3) is 0 Å². The molecule has 2 N–H and O–H groups in total. The minimum absolute atomic E-state index is 0.186. The van der Waals surface area contributed by atoms with Crippen LogP contribution in [-0.2, 0) is 16.0 Å². The van der Waals surface area contributed by atoms with E-state index in [0.29, 0.717) is 12.8 Å². The number of hydrogen-bond acceptors (Lipinski definition) is 2. The van der Waals surface area contributed by atoms with Crippen LogP contribution in [0.1, 0.15) is 37.8 Å². The van der Waals surface area contributed by atoms with Crippen molar-refractivity contribution in [2.75, 3.05) is 0 Å². The zero-order valence-corrected chi connectivity index (χ0v) is 13.6. The summed E-state index contributed by atoms with van der Waals surface area (Å²) < 4.78 is 0.959. The monoisotopic (exact) mass is 341 g/mol. The van der Waals surface area contributed by atoms with E-state index in [0.717, 1.165) is 15.6 Å². The number of aryl methyl sites for hydroxylation is 1. The highest BCUT2D eigenvalue weighted by Crippen LogP contribution is 2.17. The molecule has 0 radical (unpaired) electrons. The first-order valence-electron chi connectivity index (χ1n) is 6.58. The maximum absolute atomic E-state index is 12.1. The first-order valence-corrected chi connectivity index (χ1v) is 7.37. The average Bonchev–Trinajstić information content (AvgIpc) is 2.32. The summed E-state index contributed by atoms with van der Waals surface area (Å²) in [6.07, 6.45) is 1.29. The fourth-order valence-corrected chi connectivity index (χ4v) is 2.58. The van der Waals surface area contributed by atoms with Crippen LogP contribution in [-0.4, -0.2) is 22.5 Å². The Labute approximate surface area is 127 Å². The van der Waals surface area contributed by atoms with Gasteiger partial charge in [-0.25, -0.2) is 4.79 Å². The topological polar surface area (TPSA) is 66.4 Å². The Balaban J connectivity index is 2.78. The number of amides is 1. The first-order chi connectivity index (χ1) is 9.28. The van der Waals surface area contributed by atoms with Crippen molar-refractivity contribution in [1.82, 2.24) is 5.32 Å². The molecule has 0 aliphatic heterocycles. The second-order valence-corrected chi connectivity index (χ2v) is 6.10. The van der Waals surface area contributed by atoms with Gasteiger partial charge in [0.15, 0.2) is 0 Å². The third-order valence-electron chi connectivity index (χ3n) is 3.29. The van der Waals surface area contributed by atoms with E-state index in [2.05, 4.69) is 21.2 Å². The average molecular weight is 342 g/mol. The Hall–Kier alpha value is -1.36. The van der Waals surface area contributed by atoms with Gasteiger partial charge in [-0.3, -0.25) is 4.79 Å². The quantitative estimate of drug-likeness (QED) is 0.835. The molecule has 5 heteroatoms. The number of nitrogens with one attached hydrogen (secondary N) is 1. The Morgan fingerprint density at radius 1 is 1.40 bits per heavy atom. The molecule has 0 aromatic heterocycles. The Morgan fingerprint density at radius 2 is 2.05 bits per heavy atom. The van der Waals surface area contributed by atoms with Crippen molar-refractivity contribution in [3.8, 4) is 0 Å². The molecule has 1 rings (SSSR count). The molecule has 0 aliphatic carbocycles. The lowest BCUT2D eigenvalue weighted by molar-refractivity contribution is -0.147. The molecule has 4 nitrogen and oxygen atoms in total. The van der Waals surface area contributed by atoms with Crippen LogP contribution >= 0.6 is 15.9 Å². The maximum Gasteiger partial charge on any atom is 0.329 e. The molecule has 0 aliphatic rings. The van der Waals surface area contributed by atoms with Crippen LogP contribution in [0.3, 0.4) is 0 Å². The Morgan fingerprint density at radius 3 is 2.55 bits per heavy atom. The van der Waals surface area contributed by atoms with Crippen LogP contribution in [0.4, 0.5) is 0 Å². The van der Waals surface area contributed by atoms with E-state index in [1.807, 2.05) is 32.0 Å². The molecule has 0 bridgehead atoms. The number of carboxylic acids is 1. The van der Waals surface area contributed by atoms with Crippen LogP contribution in [0, 0.1) is 6.92 Å². The zero-order valence-electron chi connectivity index (χ0n) is 12.0. The van der Waals surface area contributed by atoms with E-state index in [9.17, 15) is 14.7 Å². The third-order valence-corrected chi connectivity index (χ3v) is 3.79. The molecule has 20 heavy (non-hydrogen) atoms. The predicted molar refractivity (Wildman–Crippen MR) is 81.7 cm³/mol. The SMILES string of the molecule is CCCC(C)(NC(=O)Cc1ccc(Br)cc1C)C(=O)O. The molecular weight excluding hydrogens is 322 g/mol. The van der Waals surface area contributed by atoms with Gasteiger partial charge in [0.2, 0.25) is 5.91 Å². The smallest absolute Gasteiger partial charge is 0.329 e. The van der Waals surface area contributed by atoms with E-state index < -0.39 is 11.5 Å². The lowest BCUT2D eigenvalue weighted by Gasteiger charge is -2.26. The summed E-state index contributed by atoms with van der Waals surface area (Å²) in [6.45, 7) is 5.37. The number of carbonyl (C=O) groups is 2. The molecule has 1 unspecified atom stereocenters. The normalized spacial score (nSPS) is 13.6. The van der Waals surface area contributed by atoms with E-state index in [4.69, 9.17) is 0 Å². The predicted octanol–water partition coefficient (Wildman–Crippen LogP) is 3.06. The zero-order chi connectivity index (χ0) is 15.3. The maximum atomic E-state index is 12.1. The van der Waals surface area contributed by atoms with Gasteiger partial charge in [0.1, 0.15) is 5.54 Å². The summed E-state index contributed by atoms with van der Waals surface area (Å²) in [5, 5.41) is 11.9. The number of rotatable bonds is 6. The standard InChI is InChI=1S/C15H20BrNO3/c1-4-7-15(3,14(19)20)17-13(18)9-11-5-6-12(16)8-10(11)2/h5-6,8H,4,7,9H2,1-3H3,(H,17,18)(H,19,20). The fraction of sp³-hybridized carbons (Fsp3) is 0.467. The molecule has 0 saturated carbocycles. The third kappa shape index (κ3) is 4.34. The molecule has 1 aromatic carbocycles. The van der Waals surface area contributed by atoms with Gasteiger partial charge in [0.25, 0.3) is 0 Å². The van der Waals surface area contributed by atoms with Crippen molar-refractivity contribution in [2.45, 2.75) is 45.6 Å². The molecule has 1 amide bonds. The number of carboxylic acid groups (broad SMARTS) is 1. The Kier molecular flexibility index (Phi) is 5.74. The minimum Gasteiger partial charge on any atom is -0.480 e. The van der Waals surface area contributed by atoms with Gasteiger partial charge in [-0.2, -0.15) is 0 Å². The van der Waals surface area contributed by atoms with Crippen molar-refractivity contribution in [3.63, 3.8) is 0 Å². The van der Waals surface area contributed by atoms with Crippen molar-refractivity contribution in [3.05, 3.63) is 33.8 Å². The summed E-state index contributed by atoms with van der Waals surface area (Å²) in [7, 11) is 0. The van der Waals surface area contributed by atoms with E-state index in [1.165, 1.54) is 0 Å². The van der Waals surface area contributed by atoms with Gasteiger partial charge in [-0.05, 0) is 43.5 Å². The van der Waals surface area contributed by atoms with E-state index in [1.54, 1.807) is 6.92 Å². The lowest BCUT2D eigenvalue weighted by atomic mass is 9.95. The van der Waals surface area contributed by atoms with Crippen molar-refractivity contribution in [1.29, 1.82) is 0 Å². The summed E-state index contributed by atoms with van der Waals surface area (Å²) in [4.78, 5) is 23.3. The molecular formula is C15H20BrNO3. The first kappa shape index (κ1) is 16.7. The second-order valence-electron chi connectivity index (χ2n) is 5.18.